The van der Waals surface area contributed by atoms with Gasteiger partial charge in [0.2, 0.25) is 0 Å². The first-order valence-electron chi connectivity index (χ1n) is 18.7. The highest BCUT2D eigenvalue weighted by molar-refractivity contribution is 6.21. The molecule has 10 rings (SSSR count). The van der Waals surface area contributed by atoms with Gasteiger partial charge in [-0.15, -0.1) is 0 Å². The van der Waals surface area contributed by atoms with Gasteiger partial charge in [-0.05, 0) is 117 Å². The Kier molecular flexibility index (Phi) is 7.93. The molecule has 0 aliphatic rings. The number of fused-ring (bicyclic) bond motifs is 3. The molecule has 54 heavy (non-hydrogen) atoms. The molecule has 0 heteroatoms. The van der Waals surface area contributed by atoms with Gasteiger partial charge in [-0.25, -0.2) is 0 Å². The topological polar surface area (TPSA) is 0 Å². The van der Waals surface area contributed by atoms with E-state index in [4.69, 9.17) is 0 Å². The summed E-state index contributed by atoms with van der Waals surface area (Å²) in [5.41, 5.74) is 14.8. The van der Waals surface area contributed by atoms with E-state index in [1.54, 1.807) is 0 Å². The van der Waals surface area contributed by atoms with Gasteiger partial charge in [0, 0.05) is 0 Å². The van der Waals surface area contributed by atoms with Gasteiger partial charge in [-0.3, -0.25) is 0 Å². The van der Waals surface area contributed by atoms with Gasteiger partial charge in [0.05, 0.1) is 0 Å². The lowest BCUT2D eigenvalue weighted by Crippen LogP contribution is -1.91. The molecule has 0 spiro atoms. The summed E-state index contributed by atoms with van der Waals surface area (Å²) in [5, 5.41) is 7.53. The molecule has 0 radical (unpaired) electrons. The zero-order valence-electron chi connectivity index (χ0n) is 29.8. The fourth-order valence-electron chi connectivity index (χ4n) is 8.16. The minimum atomic E-state index is 1.21. The third-order valence-corrected chi connectivity index (χ3v) is 10.9. The summed E-state index contributed by atoms with van der Waals surface area (Å²) in [6.45, 7) is 0. The summed E-state index contributed by atoms with van der Waals surface area (Å²) in [6, 6.07) is 79.7. The molecule has 10 aromatic rings. The molecule has 0 atom stereocenters. The number of benzene rings is 10. The number of rotatable bonds is 6. The third-order valence-electron chi connectivity index (χ3n) is 10.9. The van der Waals surface area contributed by atoms with E-state index in [0.29, 0.717) is 0 Å². The molecule has 0 saturated heterocycles. The van der Waals surface area contributed by atoms with Gasteiger partial charge in [-0.2, -0.15) is 0 Å². The van der Waals surface area contributed by atoms with Crippen LogP contribution in [-0.4, -0.2) is 0 Å². The molecule has 0 fully saturated rings. The summed E-state index contributed by atoms with van der Waals surface area (Å²) < 4.78 is 0. The lowest BCUT2D eigenvalue weighted by Gasteiger charge is -2.18. The number of hydrogen-bond acceptors (Lipinski definition) is 0. The average Bonchev–Trinajstić information content (AvgIpc) is 3.26. The normalized spacial score (nSPS) is 11.3. The second kappa shape index (κ2) is 13.5. The maximum absolute atomic E-state index is 2.38. The largest absolute Gasteiger partial charge is 0.0622 e. The van der Waals surface area contributed by atoms with Crippen molar-refractivity contribution in [1.82, 2.24) is 0 Å². The Morgan fingerprint density at radius 1 is 0.167 bits per heavy atom. The van der Waals surface area contributed by atoms with Gasteiger partial charge in [0.15, 0.2) is 0 Å². The van der Waals surface area contributed by atoms with E-state index in [0.717, 1.165) is 0 Å². The summed E-state index contributed by atoms with van der Waals surface area (Å²) >= 11 is 0. The van der Waals surface area contributed by atoms with Crippen LogP contribution in [0.1, 0.15) is 0 Å². The van der Waals surface area contributed by atoms with Crippen LogP contribution in [0, 0.1) is 0 Å². The first-order chi connectivity index (χ1) is 26.8. The maximum atomic E-state index is 2.38. The van der Waals surface area contributed by atoms with Gasteiger partial charge in [0.25, 0.3) is 0 Å². The maximum Gasteiger partial charge on any atom is -0.00262 e. The standard InChI is InChI=1S/C54H36/c1-3-12-37(13-4-1)39-22-24-40(25-23-39)41-26-28-42(29-27-41)45-32-30-43-31-33-47(36-48(43)35-45)54-51-20-9-7-18-49(51)53(50-19-8-10-21-52(50)54)46-17-11-16-44(34-46)38-14-5-2-6-15-38/h1-36H. The van der Waals surface area contributed by atoms with Crippen molar-refractivity contribution >= 4 is 32.3 Å². The molecule has 0 aliphatic heterocycles. The van der Waals surface area contributed by atoms with Crippen LogP contribution in [0.25, 0.3) is 99.1 Å². The van der Waals surface area contributed by atoms with E-state index >= 15 is 0 Å². The van der Waals surface area contributed by atoms with Crippen molar-refractivity contribution in [3.63, 3.8) is 0 Å². The fraction of sp³-hybridized carbons (Fsp3) is 0. The van der Waals surface area contributed by atoms with Crippen LogP contribution < -0.4 is 0 Å². The summed E-state index contributed by atoms with van der Waals surface area (Å²) in [5.74, 6) is 0. The van der Waals surface area contributed by atoms with E-state index in [1.807, 2.05) is 0 Å². The molecule has 252 valence electrons. The fourth-order valence-corrected chi connectivity index (χ4v) is 8.16. The van der Waals surface area contributed by atoms with Gasteiger partial charge in [-0.1, -0.05) is 200 Å². The Morgan fingerprint density at radius 2 is 0.463 bits per heavy atom. The molecular formula is C54H36. The molecule has 0 aromatic heterocycles. The predicted molar refractivity (Wildman–Crippen MR) is 232 cm³/mol. The van der Waals surface area contributed by atoms with Crippen molar-refractivity contribution < 1.29 is 0 Å². The Labute approximate surface area is 316 Å². The Morgan fingerprint density at radius 3 is 0.963 bits per heavy atom. The minimum Gasteiger partial charge on any atom is -0.0622 e. The molecule has 0 saturated carbocycles. The first-order valence-corrected chi connectivity index (χ1v) is 18.7. The molecule has 0 N–H and O–H groups in total. The second-order valence-corrected chi connectivity index (χ2v) is 14.1. The van der Waals surface area contributed by atoms with E-state index in [1.165, 1.54) is 99.1 Å². The van der Waals surface area contributed by atoms with Crippen molar-refractivity contribution in [2.75, 3.05) is 0 Å². The van der Waals surface area contributed by atoms with E-state index in [-0.39, 0.29) is 0 Å². The molecule has 0 unspecified atom stereocenters. The summed E-state index contributed by atoms with van der Waals surface area (Å²) in [7, 11) is 0. The van der Waals surface area contributed by atoms with E-state index < -0.39 is 0 Å². The lowest BCUT2D eigenvalue weighted by molar-refractivity contribution is 1.58. The monoisotopic (exact) mass is 684 g/mol. The van der Waals surface area contributed by atoms with Crippen molar-refractivity contribution in [3.05, 3.63) is 218 Å². The summed E-state index contributed by atoms with van der Waals surface area (Å²) in [4.78, 5) is 0. The average molecular weight is 685 g/mol. The molecule has 10 aromatic carbocycles. The minimum absolute atomic E-state index is 1.21. The predicted octanol–water partition coefficient (Wildman–Crippen LogP) is 15.1. The van der Waals surface area contributed by atoms with Crippen molar-refractivity contribution in [2.24, 2.45) is 0 Å². The van der Waals surface area contributed by atoms with Crippen LogP contribution >= 0.6 is 0 Å². The highest BCUT2D eigenvalue weighted by atomic mass is 14.2. The van der Waals surface area contributed by atoms with E-state index in [2.05, 4.69) is 218 Å². The van der Waals surface area contributed by atoms with Crippen LogP contribution in [0.2, 0.25) is 0 Å². The Hall–Kier alpha value is -7.02. The quantitative estimate of drug-likeness (QED) is 0.153. The van der Waals surface area contributed by atoms with Crippen molar-refractivity contribution in [3.8, 4) is 66.8 Å². The second-order valence-electron chi connectivity index (χ2n) is 14.1. The molecule has 0 aliphatic carbocycles. The smallest absolute Gasteiger partial charge is 0.00262 e. The molecule has 0 heterocycles. The Balaban J connectivity index is 1.04. The van der Waals surface area contributed by atoms with Crippen LogP contribution in [0.5, 0.6) is 0 Å². The van der Waals surface area contributed by atoms with E-state index in [9.17, 15) is 0 Å². The van der Waals surface area contributed by atoms with Gasteiger partial charge in [0.1, 0.15) is 0 Å². The molecule has 0 nitrogen and oxygen atoms in total. The highest BCUT2D eigenvalue weighted by Crippen LogP contribution is 2.45. The third kappa shape index (κ3) is 5.75. The van der Waals surface area contributed by atoms with Crippen LogP contribution in [-0.2, 0) is 0 Å². The molecular weight excluding hydrogens is 649 g/mol. The first kappa shape index (κ1) is 31.7. The molecule has 0 bridgehead atoms. The lowest BCUT2D eigenvalue weighted by atomic mass is 9.85. The van der Waals surface area contributed by atoms with Crippen LogP contribution in [0.15, 0.2) is 218 Å². The zero-order valence-corrected chi connectivity index (χ0v) is 29.8. The van der Waals surface area contributed by atoms with Crippen LogP contribution in [0.3, 0.4) is 0 Å². The molecule has 0 amide bonds. The van der Waals surface area contributed by atoms with Gasteiger partial charge < -0.3 is 0 Å². The Bertz CT molecular complexity index is 2880. The van der Waals surface area contributed by atoms with Crippen molar-refractivity contribution in [2.45, 2.75) is 0 Å². The summed E-state index contributed by atoms with van der Waals surface area (Å²) in [6.07, 6.45) is 0. The van der Waals surface area contributed by atoms with Crippen LogP contribution in [0.4, 0.5) is 0 Å². The zero-order chi connectivity index (χ0) is 35.8. The SMILES string of the molecule is c1ccc(-c2ccc(-c3ccc(-c4ccc5ccc(-c6c7ccccc7c(-c7cccc(-c8ccccc8)c7)c7ccccc67)cc5c4)cc3)cc2)cc1. The highest BCUT2D eigenvalue weighted by Gasteiger charge is 2.17. The van der Waals surface area contributed by atoms with Crippen molar-refractivity contribution in [1.29, 1.82) is 0 Å². The van der Waals surface area contributed by atoms with Gasteiger partial charge >= 0.3 is 0 Å². The number of hydrogen-bond donors (Lipinski definition) is 0.